The summed E-state index contributed by atoms with van der Waals surface area (Å²) in [5, 5.41) is 19.7. The molecule has 3 nitrogen and oxygen atoms in total. The van der Waals surface area contributed by atoms with Gasteiger partial charge in [-0.3, -0.25) is 0 Å². The second-order valence-electron chi connectivity index (χ2n) is 2.07. The maximum atomic E-state index is 8.50. The molecule has 0 unspecified atom stereocenters. The summed E-state index contributed by atoms with van der Waals surface area (Å²) < 4.78 is 0.918. The lowest BCUT2D eigenvalue weighted by atomic mass is 10.1. The van der Waals surface area contributed by atoms with Crippen LogP contribution in [0.1, 0.15) is 5.56 Å². The van der Waals surface area contributed by atoms with Crippen molar-refractivity contribution in [3.63, 3.8) is 0 Å². The first kappa shape index (κ1) is 8.75. The van der Waals surface area contributed by atoms with E-state index in [1.807, 2.05) is 0 Å². The lowest BCUT2D eigenvalue weighted by molar-refractivity contribution is 0.320. The van der Waals surface area contributed by atoms with Crippen LogP contribution in [0.4, 0.5) is 0 Å². The van der Waals surface area contributed by atoms with Crippen LogP contribution in [0.25, 0.3) is 0 Å². The van der Waals surface area contributed by atoms with Crippen LogP contribution in [0.3, 0.4) is 0 Å². The molecule has 0 aliphatic heterocycles. The number of nitriles is 1. The van der Waals surface area contributed by atoms with Gasteiger partial charge in [-0.05, 0) is 12.1 Å². The van der Waals surface area contributed by atoms with Gasteiger partial charge >= 0.3 is 0 Å². The van der Waals surface area contributed by atoms with Crippen molar-refractivity contribution in [1.82, 2.24) is 0 Å². The van der Waals surface area contributed by atoms with Crippen molar-refractivity contribution in [2.45, 2.75) is 0 Å². The second-order valence-corrected chi connectivity index (χ2v) is 2.98. The standard InChI is InChI=1S/C8H5BrN2O/c9-7-3-1-6(2-4-7)8(5-10)11-12/h1-4,12H/b11-8-. The maximum absolute atomic E-state index is 8.50. The molecule has 1 rings (SSSR count). The molecule has 60 valence electrons. The molecule has 12 heavy (non-hydrogen) atoms. The van der Waals surface area contributed by atoms with E-state index in [4.69, 9.17) is 10.5 Å². The summed E-state index contributed by atoms with van der Waals surface area (Å²) in [7, 11) is 0. The second kappa shape index (κ2) is 3.88. The molecule has 1 aromatic rings. The van der Waals surface area contributed by atoms with Crippen molar-refractivity contribution in [3.8, 4) is 6.07 Å². The summed E-state index contributed by atoms with van der Waals surface area (Å²) in [6.45, 7) is 0. The number of rotatable bonds is 1. The van der Waals surface area contributed by atoms with E-state index < -0.39 is 0 Å². The number of oxime groups is 1. The van der Waals surface area contributed by atoms with Crippen molar-refractivity contribution in [2.75, 3.05) is 0 Å². The molecule has 0 saturated heterocycles. The average molecular weight is 225 g/mol. The predicted octanol–water partition coefficient (Wildman–Crippen LogP) is 2.15. The smallest absolute Gasteiger partial charge is 0.186 e. The molecule has 0 saturated carbocycles. The van der Waals surface area contributed by atoms with Gasteiger partial charge in [-0.1, -0.05) is 33.2 Å². The van der Waals surface area contributed by atoms with E-state index in [2.05, 4.69) is 21.1 Å². The van der Waals surface area contributed by atoms with Gasteiger partial charge in [0.2, 0.25) is 0 Å². The Bertz CT molecular complexity index is 337. The highest BCUT2D eigenvalue weighted by Crippen LogP contribution is 2.10. The summed E-state index contributed by atoms with van der Waals surface area (Å²) in [5.74, 6) is 0. The van der Waals surface area contributed by atoms with Gasteiger partial charge in [0.15, 0.2) is 5.71 Å². The molecule has 0 atom stereocenters. The van der Waals surface area contributed by atoms with Crippen LogP contribution in [0.15, 0.2) is 33.9 Å². The fraction of sp³-hybridized carbons (Fsp3) is 0. The third-order valence-corrected chi connectivity index (χ3v) is 1.85. The zero-order valence-electron chi connectivity index (χ0n) is 6.03. The van der Waals surface area contributed by atoms with Crippen LogP contribution in [-0.2, 0) is 0 Å². The minimum atomic E-state index is 0.0162. The van der Waals surface area contributed by atoms with E-state index in [0.717, 1.165) is 4.47 Å². The van der Waals surface area contributed by atoms with Crippen LogP contribution in [0, 0.1) is 11.3 Å². The third-order valence-electron chi connectivity index (χ3n) is 1.32. The first-order valence-electron chi connectivity index (χ1n) is 3.16. The molecule has 0 heterocycles. The van der Waals surface area contributed by atoms with Crippen LogP contribution < -0.4 is 0 Å². The highest BCUT2D eigenvalue weighted by atomic mass is 79.9. The molecule has 0 fully saturated rings. The van der Waals surface area contributed by atoms with E-state index in [1.54, 1.807) is 30.3 Å². The first-order chi connectivity index (χ1) is 5.77. The van der Waals surface area contributed by atoms with E-state index in [1.165, 1.54) is 0 Å². The molecule has 0 aliphatic carbocycles. The Hall–Kier alpha value is -1.34. The Morgan fingerprint density at radius 2 is 2.00 bits per heavy atom. The van der Waals surface area contributed by atoms with E-state index in [-0.39, 0.29) is 5.71 Å². The largest absolute Gasteiger partial charge is 0.410 e. The van der Waals surface area contributed by atoms with Crippen molar-refractivity contribution in [1.29, 1.82) is 5.26 Å². The van der Waals surface area contributed by atoms with Crippen LogP contribution in [0.2, 0.25) is 0 Å². The van der Waals surface area contributed by atoms with Gasteiger partial charge < -0.3 is 5.21 Å². The Morgan fingerprint density at radius 3 is 2.42 bits per heavy atom. The number of benzene rings is 1. The van der Waals surface area contributed by atoms with Gasteiger partial charge in [-0.25, -0.2) is 0 Å². The Morgan fingerprint density at radius 1 is 1.42 bits per heavy atom. The van der Waals surface area contributed by atoms with E-state index >= 15 is 0 Å². The van der Waals surface area contributed by atoms with Crippen molar-refractivity contribution in [2.24, 2.45) is 5.16 Å². The lowest BCUT2D eigenvalue weighted by Gasteiger charge is -1.94. The average Bonchev–Trinajstić information content (AvgIpc) is 2.10. The molecular weight excluding hydrogens is 220 g/mol. The minimum absolute atomic E-state index is 0.0162. The van der Waals surface area contributed by atoms with Crippen molar-refractivity contribution in [3.05, 3.63) is 34.3 Å². The van der Waals surface area contributed by atoms with Gasteiger partial charge in [0.05, 0.1) is 0 Å². The summed E-state index contributed by atoms with van der Waals surface area (Å²) in [6, 6.07) is 8.72. The van der Waals surface area contributed by atoms with Gasteiger partial charge in [0.1, 0.15) is 6.07 Å². The number of hydrogen-bond acceptors (Lipinski definition) is 3. The summed E-state index contributed by atoms with van der Waals surface area (Å²) in [6.07, 6.45) is 0. The summed E-state index contributed by atoms with van der Waals surface area (Å²) >= 11 is 3.25. The van der Waals surface area contributed by atoms with Crippen molar-refractivity contribution >= 4 is 21.6 Å². The van der Waals surface area contributed by atoms with Gasteiger partial charge in [-0.2, -0.15) is 5.26 Å². The summed E-state index contributed by atoms with van der Waals surface area (Å²) in [5.41, 5.74) is 0.616. The predicted molar refractivity (Wildman–Crippen MR) is 48.1 cm³/mol. The zero-order chi connectivity index (χ0) is 8.97. The molecule has 1 aromatic carbocycles. The number of nitrogens with zero attached hydrogens (tertiary/aromatic N) is 2. The van der Waals surface area contributed by atoms with Crippen LogP contribution in [-0.4, -0.2) is 10.9 Å². The molecule has 0 bridgehead atoms. The highest BCUT2D eigenvalue weighted by Gasteiger charge is 2.00. The Balaban J connectivity index is 3.06. The highest BCUT2D eigenvalue weighted by molar-refractivity contribution is 9.10. The molecule has 0 aromatic heterocycles. The normalized spacial score (nSPS) is 10.8. The summed E-state index contributed by atoms with van der Waals surface area (Å²) in [4.78, 5) is 0. The van der Waals surface area contributed by atoms with Crippen LogP contribution in [0.5, 0.6) is 0 Å². The SMILES string of the molecule is N#C/C(=N/O)c1ccc(Br)cc1. The fourth-order valence-corrected chi connectivity index (χ4v) is 1.02. The first-order valence-corrected chi connectivity index (χ1v) is 3.95. The minimum Gasteiger partial charge on any atom is -0.410 e. The van der Waals surface area contributed by atoms with Crippen molar-refractivity contribution < 1.29 is 5.21 Å². The van der Waals surface area contributed by atoms with Crippen LogP contribution >= 0.6 is 15.9 Å². The lowest BCUT2D eigenvalue weighted by Crippen LogP contribution is -1.95. The Kier molecular flexibility index (Phi) is 2.83. The number of halogens is 1. The fourth-order valence-electron chi connectivity index (χ4n) is 0.752. The maximum Gasteiger partial charge on any atom is 0.186 e. The zero-order valence-corrected chi connectivity index (χ0v) is 7.62. The number of hydrogen-bond donors (Lipinski definition) is 1. The molecule has 4 heteroatoms. The van der Waals surface area contributed by atoms with Gasteiger partial charge in [0, 0.05) is 10.0 Å². The van der Waals surface area contributed by atoms with E-state index in [9.17, 15) is 0 Å². The quantitative estimate of drug-likeness (QED) is 0.452. The van der Waals surface area contributed by atoms with E-state index in [0.29, 0.717) is 5.56 Å². The Labute approximate surface area is 78.1 Å². The molecule has 1 N–H and O–H groups in total. The van der Waals surface area contributed by atoms with Gasteiger partial charge in [0.25, 0.3) is 0 Å². The molecular formula is C8H5BrN2O. The molecule has 0 radical (unpaired) electrons. The van der Waals surface area contributed by atoms with Gasteiger partial charge in [-0.15, -0.1) is 0 Å². The monoisotopic (exact) mass is 224 g/mol. The molecule has 0 amide bonds. The topological polar surface area (TPSA) is 56.4 Å². The molecule has 0 spiro atoms. The third kappa shape index (κ3) is 1.83. The molecule has 0 aliphatic rings.